The molecule has 0 fully saturated rings. The van der Waals surface area contributed by atoms with Crippen LogP contribution in [-0.2, 0) is 6.54 Å². The molecule has 0 unspecified atom stereocenters. The third kappa shape index (κ3) is 3.39. The standard InChI is InChI=1S/C12H9ClIN3O/c13-10-5-8(1-2-11(10)14)12(18)16-6-9-3-4-15-7-17-9/h1-5,7H,6H2,(H,16,18). The van der Waals surface area contributed by atoms with Gasteiger partial charge in [0.15, 0.2) is 0 Å². The number of halogens is 2. The first kappa shape index (κ1) is 13.2. The number of nitrogens with one attached hydrogen (secondary N) is 1. The van der Waals surface area contributed by atoms with Gasteiger partial charge in [-0.25, -0.2) is 9.97 Å². The zero-order valence-corrected chi connectivity index (χ0v) is 12.1. The van der Waals surface area contributed by atoms with Crippen molar-refractivity contribution in [2.45, 2.75) is 6.54 Å². The van der Waals surface area contributed by atoms with E-state index in [2.05, 4.69) is 37.9 Å². The first-order chi connectivity index (χ1) is 8.66. The van der Waals surface area contributed by atoms with Crippen LogP contribution in [0.5, 0.6) is 0 Å². The summed E-state index contributed by atoms with van der Waals surface area (Å²) in [5.74, 6) is -0.174. The van der Waals surface area contributed by atoms with Gasteiger partial charge in [-0.3, -0.25) is 4.79 Å². The van der Waals surface area contributed by atoms with E-state index < -0.39 is 0 Å². The summed E-state index contributed by atoms with van der Waals surface area (Å²) in [5, 5.41) is 3.35. The summed E-state index contributed by atoms with van der Waals surface area (Å²) in [6.07, 6.45) is 3.08. The predicted molar refractivity (Wildman–Crippen MR) is 77.4 cm³/mol. The molecule has 2 rings (SSSR count). The quantitative estimate of drug-likeness (QED) is 0.842. The van der Waals surface area contributed by atoms with E-state index in [1.54, 1.807) is 24.4 Å². The molecule has 6 heteroatoms. The molecule has 1 heterocycles. The van der Waals surface area contributed by atoms with E-state index in [1.165, 1.54) is 6.33 Å². The lowest BCUT2D eigenvalue weighted by Gasteiger charge is -2.05. The molecule has 2 aromatic rings. The lowest BCUT2D eigenvalue weighted by atomic mass is 10.2. The van der Waals surface area contributed by atoms with Gasteiger partial charge in [0.05, 0.1) is 17.3 Å². The van der Waals surface area contributed by atoms with Crippen molar-refractivity contribution < 1.29 is 4.79 Å². The van der Waals surface area contributed by atoms with Gasteiger partial charge < -0.3 is 5.32 Å². The molecular formula is C12H9ClIN3O. The topological polar surface area (TPSA) is 54.9 Å². The van der Waals surface area contributed by atoms with Gasteiger partial charge in [0.2, 0.25) is 0 Å². The molecule has 0 radical (unpaired) electrons. The van der Waals surface area contributed by atoms with E-state index in [4.69, 9.17) is 11.6 Å². The summed E-state index contributed by atoms with van der Waals surface area (Å²) in [7, 11) is 0. The average molecular weight is 374 g/mol. The normalized spacial score (nSPS) is 10.1. The number of benzene rings is 1. The molecule has 0 aliphatic carbocycles. The maximum atomic E-state index is 11.9. The molecular weight excluding hydrogens is 365 g/mol. The van der Waals surface area contributed by atoms with Crippen LogP contribution in [0.15, 0.2) is 36.8 Å². The fraction of sp³-hybridized carbons (Fsp3) is 0.0833. The van der Waals surface area contributed by atoms with Crippen LogP contribution in [0.1, 0.15) is 16.1 Å². The molecule has 1 amide bonds. The Kier molecular flexibility index (Phi) is 4.48. The van der Waals surface area contributed by atoms with Gasteiger partial charge in [0.25, 0.3) is 5.91 Å². The summed E-state index contributed by atoms with van der Waals surface area (Å²) in [5.41, 5.74) is 1.30. The van der Waals surface area contributed by atoms with E-state index in [1.807, 2.05) is 6.07 Å². The highest BCUT2D eigenvalue weighted by atomic mass is 127. The van der Waals surface area contributed by atoms with Crippen LogP contribution >= 0.6 is 34.2 Å². The van der Waals surface area contributed by atoms with Crippen molar-refractivity contribution >= 4 is 40.1 Å². The molecule has 0 saturated heterocycles. The van der Waals surface area contributed by atoms with E-state index >= 15 is 0 Å². The Labute approximate surface area is 123 Å². The van der Waals surface area contributed by atoms with E-state index in [9.17, 15) is 4.79 Å². The highest BCUT2D eigenvalue weighted by Gasteiger charge is 2.07. The lowest BCUT2D eigenvalue weighted by molar-refractivity contribution is 0.0950. The Bertz CT molecular complexity index is 563. The zero-order chi connectivity index (χ0) is 13.0. The molecule has 0 bridgehead atoms. The fourth-order valence-corrected chi connectivity index (χ4v) is 1.85. The summed E-state index contributed by atoms with van der Waals surface area (Å²) < 4.78 is 0.918. The van der Waals surface area contributed by atoms with Crippen molar-refractivity contribution in [3.8, 4) is 0 Å². The minimum Gasteiger partial charge on any atom is -0.346 e. The van der Waals surface area contributed by atoms with Crippen LogP contribution in [0.25, 0.3) is 0 Å². The second kappa shape index (κ2) is 6.10. The number of amides is 1. The lowest BCUT2D eigenvalue weighted by Crippen LogP contribution is -2.23. The fourth-order valence-electron chi connectivity index (χ4n) is 1.33. The van der Waals surface area contributed by atoms with E-state index in [-0.39, 0.29) is 5.91 Å². The van der Waals surface area contributed by atoms with Gasteiger partial charge in [0.1, 0.15) is 6.33 Å². The second-order valence-electron chi connectivity index (χ2n) is 3.51. The molecule has 92 valence electrons. The SMILES string of the molecule is O=C(NCc1ccncn1)c1ccc(I)c(Cl)c1. The van der Waals surface area contributed by atoms with Crippen LogP contribution in [0.2, 0.25) is 5.02 Å². The van der Waals surface area contributed by atoms with E-state index in [0.29, 0.717) is 17.1 Å². The second-order valence-corrected chi connectivity index (χ2v) is 5.08. The van der Waals surface area contributed by atoms with Crippen molar-refractivity contribution in [1.29, 1.82) is 0 Å². The Morgan fingerprint density at radius 3 is 2.89 bits per heavy atom. The summed E-state index contributed by atoms with van der Waals surface area (Å²) >= 11 is 8.08. The molecule has 1 N–H and O–H groups in total. The molecule has 18 heavy (non-hydrogen) atoms. The van der Waals surface area contributed by atoms with Crippen molar-refractivity contribution in [3.63, 3.8) is 0 Å². The molecule has 1 aromatic heterocycles. The minimum absolute atomic E-state index is 0.174. The minimum atomic E-state index is -0.174. The molecule has 4 nitrogen and oxygen atoms in total. The van der Waals surface area contributed by atoms with Crippen molar-refractivity contribution in [1.82, 2.24) is 15.3 Å². The number of carbonyl (C=O) groups is 1. The Balaban J connectivity index is 2.02. The van der Waals surface area contributed by atoms with Crippen LogP contribution < -0.4 is 5.32 Å². The van der Waals surface area contributed by atoms with Gasteiger partial charge in [-0.2, -0.15) is 0 Å². The smallest absolute Gasteiger partial charge is 0.251 e. The summed E-state index contributed by atoms with van der Waals surface area (Å²) in [6.45, 7) is 0.366. The Hall–Kier alpha value is -1.21. The van der Waals surface area contributed by atoms with E-state index in [0.717, 1.165) is 9.26 Å². The van der Waals surface area contributed by atoms with Crippen LogP contribution in [0, 0.1) is 3.57 Å². The number of nitrogens with zero attached hydrogens (tertiary/aromatic N) is 2. The van der Waals surface area contributed by atoms with Gasteiger partial charge in [-0.05, 0) is 46.9 Å². The van der Waals surface area contributed by atoms with Crippen LogP contribution in [0.3, 0.4) is 0 Å². The van der Waals surface area contributed by atoms with Gasteiger partial charge >= 0.3 is 0 Å². The van der Waals surface area contributed by atoms with Crippen LogP contribution in [-0.4, -0.2) is 15.9 Å². The molecule has 0 spiro atoms. The highest BCUT2D eigenvalue weighted by molar-refractivity contribution is 14.1. The molecule has 0 atom stereocenters. The van der Waals surface area contributed by atoms with Gasteiger partial charge in [-0.15, -0.1) is 0 Å². The molecule has 0 aliphatic heterocycles. The van der Waals surface area contributed by atoms with Crippen LogP contribution in [0.4, 0.5) is 0 Å². The van der Waals surface area contributed by atoms with Gasteiger partial charge in [-0.1, -0.05) is 11.6 Å². The third-order valence-electron chi connectivity index (χ3n) is 2.26. The first-order valence-corrected chi connectivity index (χ1v) is 6.60. The first-order valence-electron chi connectivity index (χ1n) is 5.15. The Morgan fingerprint density at radius 2 is 2.22 bits per heavy atom. The third-order valence-corrected chi connectivity index (χ3v) is 3.83. The number of hydrogen-bond donors (Lipinski definition) is 1. The number of hydrogen-bond acceptors (Lipinski definition) is 3. The number of aromatic nitrogens is 2. The maximum absolute atomic E-state index is 11.9. The molecule has 1 aromatic carbocycles. The molecule has 0 aliphatic rings. The van der Waals surface area contributed by atoms with Crippen molar-refractivity contribution in [2.75, 3.05) is 0 Å². The van der Waals surface area contributed by atoms with Gasteiger partial charge in [0, 0.05) is 15.3 Å². The monoisotopic (exact) mass is 373 g/mol. The van der Waals surface area contributed by atoms with Crippen molar-refractivity contribution in [2.24, 2.45) is 0 Å². The van der Waals surface area contributed by atoms with Crippen molar-refractivity contribution in [3.05, 3.63) is 56.6 Å². The Morgan fingerprint density at radius 1 is 1.39 bits per heavy atom. The predicted octanol–water partition coefficient (Wildman–Crippen LogP) is 2.66. The zero-order valence-electron chi connectivity index (χ0n) is 9.23. The summed E-state index contributed by atoms with van der Waals surface area (Å²) in [4.78, 5) is 19.7. The largest absolute Gasteiger partial charge is 0.346 e. The highest BCUT2D eigenvalue weighted by Crippen LogP contribution is 2.19. The average Bonchev–Trinajstić information content (AvgIpc) is 2.40. The maximum Gasteiger partial charge on any atom is 0.251 e. The number of rotatable bonds is 3. The summed E-state index contributed by atoms with van der Waals surface area (Å²) in [6, 6.07) is 6.95. The molecule has 0 saturated carbocycles. The number of carbonyl (C=O) groups excluding carboxylic acids is 1.